The number of anilines is 1. The van der Waals surface area contributed by atoms with Crippen LogP contribution in [0.5, 0.6) is 5.75 Å². The molecule has 5 rings (SSSR count). The van der Waals surface area contributed by atoms with Crippen LogP contribution in [0.25, 0.3) is 22.3 Å². The molecule has 0 aliphatic carbocycles. The number of ether oxygens (including phenoxy) is 1. The molecule has 31 heavy (non-hydrogen) atoms. The van der Waals surface area contributed by atoms with Gasteiger partial charge in [-0.2, -0.15) is 0 Å². The Hall–Kier alpha value is -3.77. The Labute approximate surface area is 180 Å². The molecule has 2 heterocycles. The van der Waals surface area contributed by atoms with E-state index in [1.807, 2.05) is 60.7 Å². The predicted molar refractivity (Wildman–Crippen MR) is 123 cm³/mol. The lowest BCUT2D eigenvalue weighted by molar-refractivity contribution is 0.122. The third-order valence-corrected chi connectivity index (χ3v) is 5.26. The van der Waals surface area contributed by atoms with Crippen LogP contribution in [-0.4, -0.2) is 47.6 Å². The van der Waals surface area contributed by atoms with Crippen LogP contribution in [0.1, 0.15) is 5.56 Å². The zero-order valence-electron chi connectivity index (χ0n) is 17.0. The molecule has 6 heteroatoms. The lowest BCUT2D eigenvalue weighted by Gasteiger charge is -2.29. The molecule has 0 atom stereocenters. The van der Waals surface area contributed by atoms with Crippen molar-refractivity contribution in [2.75, 3.05) is 31.2 Å². The molecule has 4 aromatic rings. The first kappa shape index (κ1) is 19.2. The molecule has 1 N–H and O–H groups in total. The summed E-state index contributed by atoms with van der Waals surface area (Å²) >= 11 is 0. The van der Waals surface area contributed by atoms with Gasteiger partial charge in [-0.05, 0) is 48.0 Å². The Bertz CT molecular complexity index is 1220. The summed E-state index contributed by atoms with van der Waals surface area (Å²) in [7, 11) is 0. The molecule has 0 bridgehead atoms. The van der Waals surface area contributed by atoms with Gasteiger partial charge in [0.05, 0.1) is 24.4 Å². The first-order valence-corrected chi connectivity index (χ1v) is 10.3. The van der Waals surface area contributed by atoms with E-state index in [2.05, 4.69) is 9.89 Å². The van der Waals surface area contributed by atoms with Gasteiger partial charge in [0, 0.05) is 30.3 Å². The SMILES string of the molecule is Oc1ccc(C=Nc2ccc3nc(-c4ccccc4)nc(N4CCOCC4)c3c2)cc1. The number of hydrogen-bond donors (Lipinski definition) is 1. The van der Waals surface area contributed by atoms with Gasteiger partial charge in [0.1, 0.15) is 11.6 Å². The monoisotopic (exact) mass is 410 g/mol. The van der Waals surface area contributed by atoms with Crippen molar-refractivity contribution < 1.29 is 9.84 Å². The molecule has 0 unspecified atom stereocenters. The number of benzene rings is 3. The van der Waals surface area contributed by atoms with Gasteiger partial charge in [-0.3, -0.25) is 4.99 Å². The van der Waals surface area contributed by atoms with Gasteiger partial charge in [0.25, 0.3) is 0 Å². The number of phenols is 1. The highest BCUT2D eigenvalue weighted by Gasteiger charge is 2.18. The molecule has 0 saturated carbocycles. The van der Waals surface area contributed by atoms with E-state index in [0.29, 0.717) is 13.2 Å². The van der Waals surface area contributed by atoms with Crippen LogP contribution in [-0.2, 0) is 4.74 Å². The minimum atomic E-state index is 0.240. The fraction of sp³-hybridized carbons (Fsp3) is 0.160. The molecular weight excluding hydrogens is 388 g/mol. The smallest absolute Gasteiger partial charge is 0.162 e. The average Bonchev–Trinajstić information content (AvgIpc) is 2.84. The number of fused-ring (bicyclic) bond motifs is 1. The second-order valence-electron chi connectivity index (χ2n) is 7.39. The third-order valence-electron chi connectivity index (χ3n) is 5.26. The van der Waals surface area contributed by atoms with Crippen molar-refractivity contribution in [3.8, 4) is 17.1 Å². The zero-order chi connectivity index (χ0) is 21.0. The number of phenolic OH excluding ortho intramolecular Hbond substituents is 1. The summed E-state index contributed by atoms with van der Waals surface area (Å²) in [5, 5.41) is 10.4. The first-order chi connectivity index (χ1) is 15.3. The number of hydrogen-bond acceptors (Lipinski definition) is 6. The van der Waals surface area contributed by atoms with E-state index in [1.54, 1.807) is 18.3 Å². The van der Waals surface area contributed by atoms with Gasteiger partial charge >= 0.3 is 0 Å². The number of morpholine rings is 1. The number of aromatic nitrogens is 2. The van der Waals surface area contributed by atoms with Crippen LogP contribution in [0.3, 0.4) is 0 Å². The molecule has 6 nitrogen and oxygen atoms in total. The molecule has 1 aliphatic rings. The average molecular weight is 410 g/mol. The molecule has 3 aromatic carbocycles. The Morgan fingerprint density at radius 3 is 2.45 bits per heavy atom. The maximum atomic E-state index is 9.45. The molecular formula is C25H22N4O2. The van der Waals surface area contributed by atoms with Gasteiger partial charge in [0.15, 0.2) is 5.82 Å². The summed E-state index contributed by atoms with van der Waals surface area (Å²) < 4.78 is 5.54. The second-order valence-corrected chi connectivity index (χ2v) is 7.39. The van der Waals surface area contributed by atoms with E-state index in [1.165, 1.54) is 0 Å². The van der Waals surface area contributed by atoms with E-state index in [4.69, 9.17) is 14.7 Å². The van der Waals surface area contributed by atoms with Gasteiger partial charge in [-0.25, -0.2) is 9.97 Å². The number of rotatable bonds is 4. The van der Waals surface area contributed by atoms with Crippen LogP contribution in [0, 0.1) is 0 Å². The summed E-state index contributed by atoms with van der Waals surface area (Å²) in [6, 6.07) is 23.0. The van der Waals surface area contributed by atoms with Crippen molar-refractivity contribution in [1.29, 1.82) is 0 Å². The Kier molecular flexibility index (Phi) is 5.29. The van der Waals surface area contributed by atoms with Crippen LogP contribution in [0.2, 0.25) is 0 Å². The van der Waals surface area contributed by atoms with Gasteiger partial charge in [0.2, 0.25) is 0 Å². The standard InChI is InChI=1S/C25H22N4O2/c30-21-9-6-18(7-10-21)17-26-20-8-11-23-22(16-20)25(29-12-14-31-15-13-29)28-24(27-23)19-4-2-1-3-5-19/h1-11,16-17,30H,12-15H2. The summed E-state index contributed by atoms with van der Waals surface area (Å²) in [4.78, 5) is 16.6. The Balaban J connectivity index is 1.58. The number of nitrogens with zero attached hydrogens (tertiary/aromatic N) is 4. The van der Waals surface area contributed by atoms with Crippen molar-refractivity contribution in [3.63, 3.8) is 0 Å². The minimum Gasteiger partial charge on any atom is -0.508 e. The summed E-state index contributed by atoms with van der Waals surface area (Å²) in [5.41, 5.74) is 3.63. The van der Waals surface area contributed by atoms with Gasteiger partial charge < -0.3 is 14.7 Å². The zero-order valence-corrected chi connectivity index (χ0v) is 17.0. The van der Waals surface area contributed by atoms with Crippen molar-refractivity contribution in [2.45, 2.75) is 0 Å². The van der Waals surface area contributed by atoms with Crippen molar-refractivity contribution >= 4 is 28.6 Å². The summed E-state index contributed by atoms with van der Waals surface area (Å²) in [6.07, 6.45) is 1.79. The van der Waals surface area contributed by atoms with E-state index in [0.717, 1.165) is 52.4 Å². The van der Waals surface area contributed by atoms with Crippen molar-refractivity contribution in [2.24, 2.45) is 4.99 Å². The molecule has 0 spiro atoms. The fourth-order valence-corrected chi connectivity index (χ4v) is 3.62. The minimum absolute atomic E-state index is 0.240. The Morgan fingerprint density at radius 2 is 1.68 bits per heavy atom. The quantitative estimate of drug-likeness (QED) is 0.498. The van der Waals surface area contributed by atoms with E-state index in [-0.39, 0.29) is 5.75 Å². The van der Waals surface area contributed by atoms with Crippen LogP contribution >= 0.6 is 0 Å². The molecule has 0 radical (unpaired) electrons. The number of aliphatic imine (C=N–C) groups is 1. The lowest BCUT2D eigenvalue weighted by Crippen LogP contribution is -2.37. The highest BCUT2D eigenvalue weighted by atomic mass is 16.5. The highest BCUT2D eigenvalue weighted by molar-refractivity contribution is 5.94. The Morgan fingerprint density at radius 1 is 0.903 bits per heavy atom. The van der Waals surface area contributed by atoms with Crippen LogP contribution < -0.4 is 4.90 Å². The predicted octanol–water partition coefficient (Wildman–Crippen LogP) is 4.59. The van der Waals surface area contributed by atoms with Crippen LogP contribution in [0.4, 0.5) is 11.5 Å². The van der Waals surface area contributed by atoms with E-state index >= 15 is 0 Å². The summed E-state index contributed by atoms with van der Waals surface area (Å²) in [5.74, 6) is 1.87. The maximum Gasteiger partial charge on any atom is 0.162 e. The number of aromatic hydroxyl groups is 1. The van der Waals surface area contributed by atoms with Crippen molar-refractivity contribution in [3.05, 3.63) is 78.4 Å². The van der Waals surface area contributed by atoms with Gasteiger partial charge in [-0.15, -0.1) is 0 Å². The fourth-order valence-electron chi connectivity index (χ4n) is 3.62. The largest absolute Gasteiger partial charge is 0.508 e. The molecule has 1 saturated heterocycles. The topological polar surface area (TPSA) is 70.8 Å². The first-order valence-electron chi connectivity index (χ1n) is 10.3. The molecule has 154 valence electrons. The third kappa shape index (κ3) is 4.25. The second kappa shape index (κ2) is 8.53. The maximum absolute atomic E-state index is 9.45. The normalized spacial score (nSPS) is 14.4. The lowest BCUT2D eigenvalue weighted by atomic mass is 10.1. The van der Waals surface area contributed by atoms with Gasteiger partial charge in [-0.1, -0.05) is 30.3 Å². The van der Waals surface area contributed by atoms with Crippen molar-refractivity contribution in [1.82, 2.24) is 9.97 Å². The van der Waals surface area contributed by atoms with E-state index < -0.39 is 0 Å². The molecule has 1 aromatic heterocycles. The molecule has 0 amide bonds. The summed E-state index contributed by atoms with van der Waals surface area (Å²) in [6.45, 7) is 2.96. The highest BCUT2D eigenvalue weighted by Crippen LogP contribution is 2.31. The van der Waals surface area contributed by atoms with E-state index in [9.17, 15) is 5.11 Å². The molecule has 1 fully saturated rings. The molecule has 1 aliphatic heterocycles. The van der Waals surface area contributed by atoms with Crippen LogP contribution in [0.15, 0.2) is 77.8 Å².